The molecule has 0 radical (unpaired) electrons. The molecule has 1 rings (SSSR count). The summed E-state index contributed by atoms with van der Waals surface area (Å²) in [6, 6.07) is 8.54. The Labute approximate surface area is 136 Å². The Morgan fingerprint density at radius 1 is 1.13 bits per heavy atom. The van der Waals surface area contributed by atoms with Crippen LogP contribution in [0.3, 0.4) is 0 Å². The number of carboxylic acid groups (broad SMARTS) is 2. The first-order valence-electron chi connectivity index (χ1n) is 7.41. The number of nitrogens with two attached hydrogens (primary N) is 1. The van der Waals surface area contributed by atoms with E-state index in [2.05, 4.69) is 0 Å². The molecule has 0 aliphatic heterocycles. The van der Waals surface area contributed by atoms with Crippen LogP contribution < -0.4 is 5.73 Å². The molecule has 0 saturated heterocycles. The third-order valence-corrected chi connectivity index (χ3v) is 3.48. The topological polar surface area (TPSA) is 107 Å². The highest BCUT2D eigenvalue weighted by atomic mass is 16.4. The zero-order valence-electron chi connectivity index (χ0n) is 13.8. The maximum absolute atomic E-state index is 11.6. The fourth-order valence-corrected chi connectivity index (χ4v) is 2.52. The fourth-order valence-electron chi connectivity index (χ4n) is 2.52. The van der Waals surface area contributed by atoms with Crippen molar-refractivity contribution in [1.82, 2.24) is 9.80 Å². The van der Waals surface area contributed by atoms with E-state index in [0.717, 1.165) is 5.56 Å². The lowest BCUT2D eigenvalue weighted by molar-refractivity contribution is 0.0548. The first-order valence-corrected chi connectivity index (χ1v) is 7.41. The van der Waals surface area contributed by atoms with Crippen molar-refractivity contribution in [1.29, 1.82) is 0 Å². The maximum atomic E-state index is 11.6. The summed E-state index contributed by atoms with van der Waals surface area (Å²) in [7, 11) is 0. The predicted octanol–water partition coefficient (Wildman–Crippen LogP) is 2.27. The van der Waals surface area contributed by atoms with Gasteiger partial charge in [-0.05, 0) is 26.3 Å². The molecular weight excluding hydrogens is 298 g/mol. The maximum Gasteiger partial charge on any atom is 0.408 e. The monoisotopic (exact) mass is 323 g/mol. The largest absolute Gasteiger partial charge is 0.465 e. The summed E-state index contributed by atoms with van der Waals surface area (Å²) in [6.45, 7) is 5.51. The SMILES string of the molecule is CC(C)(C)N(C(=O)O)[C@H](CN)CN(Cc1ccccc1)C(=O)O. The summed E-state index contributed by atoms with van der Waals surface area (Å²) in [5.41, 5.74) is 5.89. The molecule has 1 aromatic rings. The number of amides is 2. The van der Waals surface area contributed by atoms with Gasteiger partial charge >= 0.3 is 12.2 Å². The average molecular weight is 323 g/mol. The molecule has 2 amide bonds. The lowest BCUT2D eigenvalue weighted by Gasteiger charge is -2.40. The van der Waals surface area contributed by atoms with E-state index in [1.807, 2.05) is 30.3 Å². The van der Waals surface area contributed by atoms with Crippen LogP contribution in [-0.4, -0.2) is 56.9 Å². The van der Waals surface area contributed by atoms with E-state index >= 15 is 0 Å². The number of nitrogens with zero attached hydrogens (tertiary/aromatic N) is 2. The van der Waals surface area contributed by atoms with Gasteiger partial charge in [0.15, 0.2) is 0 Å². The van der Waals surface area contributed by atoms with Gasteiger partial charge < -0.3 is 20.8 Å². The van der Waals surface area contributed by atoms with Crippen molar-refractivity contribution in [3.8, 4) is 0 Å². The second-order valence-corrected chi connectivity index (χ2v) is 6.36. The summed E-state index contributed by atoms with van der Waals surface area (Å²) in [6.07, 6.45) is -2.22. The van der Waals surface area contributed by atoms with Gasteiger partial charge in [0.1, 0.15) is 0 Å². The highest BCUT2D eigenvalue weighted by Crippen LogP contribution is 2.18. The van der Waals surface area contributed by atoms with Crippen LogP contribution in [0.25, 0.3) is 0 Å². The summed E-state index contributed by atoms with van der Waals surface area (Å²) >= 11 is 0. The van der Waals surface area contributed by atoms with Gasteiger partial charge in [-0.1, -0.05) is 30.3 Å². The van der Waals surface area contributed by atoms with E-state index in [1.165, 1.54) is 9.80 Å². The summed E-state index contributed by atoms with van der Waals surface area (Å²) in [5, 5.41) is 18.9. The molecule has 7 heteroatoms. The molecule has 0 aliphatic carbocycles. The summed E-state index contributed by atoms with van der Waals surface area (Å²) in [5.74, 6) is 0. The minimum absolute atomic E-state index is 0.0182. The van der Waals surface area contributed by atoms with Gasteiger partial charge in [-0.3, -0.25) is 4.90 Å². The highest BCUT2D eigenvalue weighted by Gasteiger charge is 2.34. The molecule has 7 nitrogen and oxygen atoms in total. The quantitative estimate of drug-likeness (QED) is 0.744. The Morgan fingerprint density at radius 3 is 2.09 bits per heavy atom. The Morgan fingerprint density at radius 2 is 1.70 bits per heavy atom. The lowest BCUT2D eigenvalue weighted by Crippen LogP contribution is -2.57. The van der Waals surface area contributed by atoms with E-state index in [0.29, 0.717) is 0 Å². The lowest BCUT2D eigenvalue weighted by atomic mass is 10.0. The van der Waals surface area contributed by atoms with Crippen LogP contribution in [0.1, 0.15) is 26.3 Å². The minimum atomic E-state index is -1.11. The number of hydrogen-bond donors (Lipinski definition) is 3. The molecular formula is C16H25N3O4. The summed E-state index contributed by atoms with van der Waals surface area (Å²) in [4.78, 5) is 25.5. The van der Waals surface area contributed by atoms with Crippen molar-refractivity contribution in [3.63, 3.8) is 0 Å². The minimum Gasteiger partial charge on any atom is -0.465 e. The molecule has 1 atom stereocenters. The molecule has 0 saturated carbocycles. The van der Waals surface area contributed by atoms with Crippen LogP contribution in [0.5, 0.6) is 0 Å². The highest BCUT2D eigenvalue weighted by molar-refractivity contribution is 5.67. The van der Waals surface area contributed by atoms with E-state index < -0.39 is 23.8 Å². The van der Waals surface area contributed by atoms with Gasteiger partial charge in [-0.25, -0.2) is 9.59 Å². The van der Waals surface area contributed by atoms with Gasteiger partial charge in [-0.15, -0.1) is 0 Å². The van der Waals surface area contributed by atoms with E-state index in [-0.39, 0.29) is 19.6 Å². The van der Waals surface area contributed by atoms with Gasteiger partial charge in [-0.2, -0.15) is 0 Å². The number of hydrogen-bond acceptors (Lipinski definition) is 3. The molecule has 23 heavy (non-hydrogen) atoms. The molecule has 0 fully saturated rings. The van der Waals surface area contributed by atoms with Crippen LogP contribution in [0, 0.1) is 0 Å². The van der Waals surface area contributed by atoms with Crippen molar-refractivity contribution in [3.05, 3.63) is 35.9 Å². The summed E-state index contributed by atoms with van der Waals surface area (Å²) < 4.78 is 0. The molecule has 0 spiro atoms. The zero-order valence-corrected chi connectivity index (χ0v) is 13.8. The van der Waals surface area contributed by atoms with Crippen LogP contribution in [0.4, 0.5) is 9.59 Å². The Hall–Kier alpha value is -2.28. The standard InChI is InChI=1S/C16H25N3O4/c1-16(2,3)19(15(22)23)13(9-17)11-18(14(20)21)10-12-7-5-4-6-8-12/h4-8,13H,9-11,17H2,1-3H3,(H,20,21)(H,22,23)/t13-/m1/s1. The van der Waals surface area contributed by atoms with Crippen molar-refractivity contribution in [2.45, 2.75) is 38.9 Å². The second kappa shape index (κ2) is 7.82. The van der Waals surface area contributed by atoms with E-state index in [9.17, 15) is 19.8 Å². The van der Waals surface area contributed by atoms with Crippen molar-refractivity contribution < 1.29 is 19.8 Å². The van der Waals surface area contributed by atoms with E-state index in [1.54, 1.807) is 20.8 Å². The number of carbonyl (C=O) groups is 2. The van der Waals surface area contributed by atoms with Gasteiger partial charge in [0.2, 0.25) is 0 Å². The third kappa shape index (κ3) is 5.45. The molecule has 0 heterocycles. The van der Waals surface area contributed by atoms with Crippen LogP contribution in [-0.2, 0) is 6.54 Å². The molecule has 0 aliphatic rings. The van der Waals surface area contributed by atoms with Crippen LogP contribution in [0.15, 0.2) is 30.3 Å². The molecule has 0 unspecified atom stereocenters. The Kier molecular flexibility index (Phi) is 6.38. The van der Waals surface area contributed by atoms with Crippen molar-refractivity contribution in [2.24, 2.45) is 5.73 Å². The Balaban J connectivity index is 2.95. The predicted molar refractivity (Wildman–Crippen MR) is 87.3 cm³/mol. The average Bonchev–Trinajstić information content (AvgIpc) is 2.44. The van der Waals surface area contributed by atoms with Crippen molar-refractivity contribution >= 4 is 12.2 Å². The first kappa shape index (κ1) is 18.8. The molecule has 4 N–H and O–H groups in total. The molecule has 0 bridgehead atoms. The van der Waals surface area contributed by atoms with Gasteiger partial charge in [0.25, 0.3) is 0 Å². The van der Waals surface area contributed by atoms with Gasteiger partial charge in [0, 0.05) is 25.2 Å². The van der Waals surface area contributed by atoms with Crippen LogP contribution in [0.2, 0.25) is 0 Å². The normalized spacial score (nSPS) is 12.5. The first-order chi connectivity index (χ1) is 10.7. The van der Waals surface area contributed by atoms with Crippen LogP contribution >= 0.6 is 0 Å². The molecule has 0 aromatic heterocycles. The van der Waals surface area contributed by atoms with Crippen molar-refractivity contribution in [2.75, 3.05) is 13.1 Å². The number of benzene rings is 1. The zero-order chi connectivity index (χ0) is 17.6. The smallest absolute Gasteiger partial charge is 0.408 e. The third-order valence-electron chi connectivity index (χ3n) is 3.48. The fraction of sp³-hybridized carbons (Fsp3) is 0.500. The molecule has 1 aromatic carbocycles. The van der Waals surface area contributed by atoms with E-state index in [4.69, 9.17) is 5.73 Å². The number of rotatable bonds is 6. The second-order valence-electron chi connectivity index (χ2n) is 6.36. The molecule has 128 valence electrons. The van der Waals surface area contributed by atoms with Gasteiger partial charge in [0.05, 0.1) is 6.04 Å². The Bertz CT molecular complexity index is 528.